The van der Waals surface area contributed by atoms with E-state index < -0.39 is 0 Å². The van der Waals surface area contributed by atoms with Crippen LogP contribution in [-0.4, -0.2) is 34.2 Å². The maximum atomic E-state index is 12.0. The molecule has 0 radical (unpaired) electrons. The van der Waals surface area contributed by atoms with E-state index in [-0.39, 0.29) is 18.1 Å². The number of carbonyl (C=O) groups is 1. The van der Waals surface area contributed by atoms with E-state index in [9.17, 15) is 9.90 Å². The molecule has 1 aliphatic carbocycles. The van der Waals surface area contributed by atoms with E-state index in [1.807, 2.05) is 6.92 Å². The third-order valence-corrected chi connectivity index (χ3v) is 4.04. The smallest absolute Gasteiger partial charge is 0.226 e. The predicted octanol–water partition coefficient (Wildman–Crippen LogP) is 2.35. The molecular weight excluding hydrogens is 290 g/mol. The van der Waals surface area contributed by atoms with Crippen LogP contribution in [0.5, 0.6) is 0 Å². The van der Waals surface area contributed by atoms with Crippen LogP contribution in [0, 0.1) is 0 Å². The van der Waals surface area contributed by atoms with Gasteiger partial charge in [-0.1, -0.05) is 11.6 Å². The van der Waals surface area contributed by atoms with Crippen LogP contribution in [0.1, 0.15) is 39.0 Å². The van der Waals surface area contributed by atoms with Gasteiger partial charge in [-0.25, -0.2) is 4.98 Å². The van der Waals surface area contributed by atoms with Gasteiger partial charge < -0.3 is 15.7 Å². The lowest BCUT2D eigenvalue weighted by Gasteiger charge is -2.28. The zero-order chi connectivity index (χ0) is 15.2. The van der Waals surface area contributed by atoms with Crippen molar-refractivity contribution >= 4 is 23.2 Å². The first-order valence-electron chi connectivity index (χ1n) is 7.39. The summed E-state index contributed by atoms with van der Waals surface area (Å²) in [6.07, 6.45) is 5.39. The molecule has 0 saturated heterocycles. The summed E-state index contributed by atoms with van der Waals surface area (Å²) in [6, 6.07) is 3.93. The molecule has 1 heterocycles. The SMILES string of the molecule is CC(CC(=O)Nc1cccnc1Cl)NC1CCC(O)CC1. The standard InChI is InChI=1S/C15H22ClN3O2/c1-10(18-11-4-6-12(20)7-5-11)9-14(21)19-13-3-2-8-17-15(13)16/h2-3,8,10-12,18,20H,4-7,9H2,1H3,(H,19,21). The minimum atomic E-state index is -0.158. The van der Waals surface area contributed by atoms with Crippen molar-refractivity contribution in [2.75, 3.05) is 5.32 Å². The van der Waals surface area contributed by atoms with Crippen LogP contribution in [0.2, 0.25) is 5.15 Å². The summed E-state index contributed by atoms with van der Waals surface area (Å²) in [6.45, 7) is 2.00. The maximum Gasteiger partial charge on any atom is 0.226 e. The lowest BCUT2D eigenvalue weighted by molar-refractivity contribution is -0.116. The molecule has 0 aromatic carbocycles. The van der Waals surface area contributed by atoms with Crippen molar-refractivity contribution in [2.24, 2.45) is 0 Å². The number of aliphatic hydroxyl groups excluding tert-OH is 1. The molecule has 1 aliphatic rings. The largest absolute Gasteiger partial charge is 0.393 e. The maximum absolute atomic E-state index is 12.0. The zero-order valence-electron chi connectivity index (χ0n) is 12.2. The lowest BCUT2D eigenvalue weighted by Crippen LogP contribution is -2.41. The quantitative estimate of drug-likeness (QED) is 0.730. The fraction of sp³-hybridized carbons (Fsp3) is 0.600. The van der Waals surface area contributed by atoms with E-state index in [0.29, 0.717) is 23.3 Å². The van der Waals surface area contributed by atoms with Crippen molar-refractivity contribution in [3.63, 3.8) is 0 Å². The highest BCUT2D eigenvalue weighted by Gasteiger charge is 2.21. The second-order valence-electron chi connectivity index (χ2n) is 5.67. The average Bonchev–Trinajstić information content (AvgIpc) is 2.44. The Bertz CT molecular complexity index is 476. The van der Waals surface area contributed by atoms with Gasteiger partial charge in [-0.15, -0.1) is 0 Å². The number of carbonyl (C=O) groups excluding carboxylic acids is 1. The van der Waals surface area contributed by atoms with Crippen LogP contribution in [0.4, 0.5) is 5.69 Å². The van der Waals surface area contributed by atoms with Crippen LogP contribution in [0.15, 0.2) is 18.3 Å². The Morgan fingerprint density at radius 2 is 2.19 bits per heavy atom. The van der Waals surface area contributed by atoms with Gasteiger partial charge in [0.2, 0.25) is 5.91 Å². The van der Waals surface area contributed by atoms with Crippen molar-refractivity contribution in [3.8, 4) is 0 Å². The number of aromatic nitrogens is 1. The first-order valence-corrected chi connectivity index (χ1v) is 7.77. The number of amides is 1. The molecule has 0 spiro atoms. The van der Waals surface area contributed by atoms with Gasteiger partial charge in [-0.05, 0) is 44.7 Å². The Hall–Kier alpha value is -1.17. The fourth-order valence-corrected chi connectivity index (χ4v) is 2.83. The van der Waals surface area contributed by atoms with Crippen molar-refractivity contribution in [1.29, 1.82) is 0 Å². The van der Waals surface area contributed by atoms with Crippen LogP contribution >= 0.6 is 11.6 Å². The molecule has 1 aromatic rings. The van der Waals surface area contributed by atoms with Crippen molar-refractivity contribution < 1.29 is 9.90 Å². The zero-order valence-corrected chi connectivity index (χ0v) is 12.9. The molecule has 1 saturated carbocycles. The first kappa shape index (κ1) is 16.2. The normalized spacial score (nSPS) is 23.6. The highest BCUT2D eigenvalue weighted by atomic mass is 35.5. The lowest BCUT2D eigenvalue weighted by atomic mass is 9.92. The van der Waals surface area contributed by atoms with E-state index in [1.165, 1.54) is 0 Å². The Morgan fingerprint density at radius 3 is 2.86 bits per heavy atom. The highest BCUT2D eigenvalue weighted by molar-refractivity contribution is 6.32. The van der Waals surface area contributed by atoms with Crippen molar-refractivity contribution in [1.82, 2.24) is 10.3 Å². The van der Waals surface area contributed by atoms with Gasteiger partial charge in [0.05, 0.1) is 11.8 Å². The Labute approximate surface area is 130 Å². The topological polar surface area (TPSA) is 74.2 Å². The summed E-state index contributed by atoms with van der Waals surface area (Å²) in [5.74, 6) is -0.0826. The molecule has 1 aromatic heterocycles. The molecule has 1 unspecified atom stereocenters. The minimum absolute atomic E-state index is 0.0826. The first-order chi connectivity index (χ1) is 10.0. The molecule has 5 nitrogen and oxygen atoms in total. The number of halogens is 1. The molecule has 1 amide bonds. The second-order valence-corrected chi connectivity index (χ2v) is 6.03. The number of nitrogens with zero attached hydrogens (tertiary/aromatic N) is 1. The molecule has 1 fully saturated rings. The fourth-order valence-electron chi connectivity index (χ4n) is 2.66. The van der Waals surface area contributed by atoms with Crippen LogP contribution in [-0.2, 0) is 4.79 Å². The van der Waals surface area contributed by atoms with Gasteiger partial charge in [-0.2, -0.15) is 0 Å². The Morgan fingerprint density at radius 1 is 1.48 bits per heavy atom. The van der Waals surface area contributed by atoms with E-state index >= 15 is 0 Å². The highest BCUT2D eigenvalue weighted by Crippen LogP contribution is 2.20. The third kappa shape index (κ3) is 5.26. The summed E-state index contributed by atoms with van der Waals surface area (Å²) in [5, 5.41) is 16.0. The molecular formula is C15H22ClN3O2. The average molecular weight is 312 g/mol. The number of nitrogens with one attached hydrogen (secondary N) is 2. The summed E-state index contributed by atoms with van der Waals surface area (Å²) in [5.41, 5.74) is 0.539. The van der Waals surface area contributed by atoms with Gasteiger partial charge in [0.25, 0.3) is 0 Å². The minimum Gasteiger partial charge on any atom is -0.393 e. The third-order valence-electron chi connectivity index (χ3n) is 3.74. The van der Waals surface area contributed by atoms with Gasteiger partial charge >= 0.3 is 0 Å². The number of rotatable bonds is 5. The summed E-state index contributed by atoms with van der Waals surface area (Å²) >= 11 is 5.91. The van der Waals surface area contributed by atoms with E-state index in [4.69, 9.17) is 11.6 Å². The summed E-state index contributed by atoms with van der Waals surface area (Å²) in [4.78, 5) is 15.9. The number of pyridine rings is 1. The molecule has 116 valence electrons. The van der Waals surface area contributed by atoms with Crippen LogP contribution in [0.25, 0.3) is 0 Å². The van der Waals surface area contributed by atoms with Gasteiger partial charge in [0.15, 0.2) is 5.15 Å². The van der Waals surface area contributed by atoms with Crippen molar-refractivity contribution in [2.45, 2.75) is 57.2 Å². The van der Waals surface area contributed by atoms with Crippen LogP contribution in [0.3, 0.4) is 0 Å². The van der Waals surface area contributed by atoms with Gasteiger partial charge in [0, 0.05) is 24.7 Å². The van der Waals surface area contributed by atoms with E-state index in [0.717, 1.165) is 25.7 Å². The van der Waals surface area contributed by atoms with Crippen molar-refractivity contribution in [3.05, 3.63) is 23.5 Å². The molecule has 1 atom stereocenters. The Kier molecular flexibility index (Phi) is 5.96. The number of anilines is 1. The molecule has 3 N–H and O–H groups in total. The second kappa shape index (κ2) is 7.73. The van der Waals surface area contributed by atoms with Crippen LogP contribution < -0.4 is 10.6 Å². The molecule has 6 heteroatoms. The van der Waals surface area contributed by atoms with Gasteiger partial charge in [-0.3, -0.25) is 4.79 Å². The van der Waals surface area contributed by atoms with Gasteiger partial charge in [0.1, 0.15) is 0 Å². The summed E-state index contributed by atoms with van der Waals surface area (Å²) in [7, 11) is 0. The molecule has 2 rings (SSSR count). The predicted molar refractivity (Wildman–Crippen MR) is 83.4 cm³/mol. The van der Waals surface area contributed by atoms with E-state index in [1.54, 1.807) is 18.3 Å². The number of aliphatic hydroxyl groups is 1. The molecule has 0 bridgehead atoms. The summed E-state index contributed by atoms with van der Waals surface area (Å²) < 4.78 is 0. The monoisotopic (exact) mass is 311 g/mol. The number of hydrogen-bond donors (Lipinski definition) is 3. The number of hydrogen-bond acceptors (Lipinski definition) is 4. The van der Waals surface area contributed by atoms with E-state index in [2.05, 4.69) is 15.6 Å². The molecule has 21 heavy (non-hydrogen) atoms. The molecule has 0 aliphatic heterocycles. The Balaban J connectivity index is 1.76.